The number of amides is 1. The van der Waals surface area contributed by atoms with Crippen LogP contribution in [-0.4, -0.2) is 19.2 Å². The largest absolute Gasteiger partial charge is 0.445 e. The van der Waals surface area contributed by atoms with Gasteiger partial charge < -0.3 is 15.8 Å². The van der Waals surface area contributed by atoms with Crippen LogP contribution >= 0.6 is 0 Å². The molecular formula is C11H17N2O2+. The second-order valence-electron chi connectivity index (χ2n) is 3.20. The standard InChI is InChI=1S/C11H16N2O2/c12-7-4-8-13-11(14)15-9-10-5-2-1-3-6-10/h1-3,5-6H,4,7-9,12H2,(H,13,14)/p+1. The molecule has 0 saturated carbocycles. The molecule has 0 aliphatic heterocycles. The summed E-state index contributed by atoms with van der Waals surface area (Å²) >= 11 is 0. The minimum Gasteiger partial charge on any atom is -0.445 e. The molecule has 0 aliphatic rings. The van der Waals surface area contributed by atoms with Gasteiger partial charge in [0, 0.05) is 13.0 Å². The number of hydrogen-bond donors (Lipinski definition) is 2. The highest BCUT2D eigenvalue weighted by atomic mass is 16.5. The Kier molecular flexibility index (Phi) is 5.25. The summed E-state index contributed by atoms with van der Waals surface area (Å²) in [6.07, 6.45) is 0.507. The first kappa shape index (κ1) is 11.5. The van der Waals surface area contributed by atoms with Crippen molar-refractivity contribution in [2.24, 2.45) is 0 Å². The van der Waals surface area contributed by atoms with Crippen molar-refractivity contribution in [1.82, 2.24) is 5.32 Å². The summed E-state index contributed by atoms with van der Waals surface area (Å²) in [7, 11) is 0. The molecule has 1 aromatic carbocycles. The summed E-state index contributed by atoms with van der Waals surface area (Å²) in [5.74, 6) is 0. The van der Waals surface area contributed by atoms with Gasteiger partial charge in [0.1, 0.15) is 6.61 Å². The molecule has 0 saturated heterocycles. The first-order valence-corrected chi connectivity index (χ1v) is 5.06. The topological polar surface area (TPSA) is 66.0 Å². The molecule has 1 amide bonds. The monoisotopic (exact) mass is 209 g/mol. The number of alkyl carbamates (subject to hydrolysis) is 1. The van der Waals surface area contributed by atoms with Gasteiger partial charge in [0.05, 0.1) is 6.54 Å². The van der Waals surface area contributed by atoms with Crippen LogP contribution in [0, 0.1) is 0 Å². The predicted molar refractivity (Wildman–Crippen MR) is 57.0 cm³/mol. The Balaban J connectivity index is 2.17. The van der Waals surface area contributed by atoms with Gasteiger partial charge in [-0.2, -0.15) is 0 Å². The number of carbonyl (C=O) groups is 1. The number of hydrogen-bond acceptors (Lipinski definition) is 2. The minimum absolute atomic E-state index is 0.317. The van der Waals surface area contributed by atoms with Crippen molar-refractivity contribution >= 4 is 6.09 Å². The second-order valence-corrected chi connectivity index (χ2v) is 3.20. The Labute approximate surface area is 89.4 Å². The number of quaternary nitrogens is 1. The first-order valence-electron chi connectivity index (χ1n) is 5.06. The van der Waals surface area contributed by atoms with Crippen molar-refractivity contribution < 1.29 is 15.3 Å². The summed E-state index contributed by atoms with van der Waals surface area (Å²) in [5, 5.41) is 2.65. The van der Waals surface area contributed by atoms with Gasteiger partial charge >= 0.3 is 6.09 Å². The number of carbonyl (C=O) groups excluding carboxylic acids is 1. The number of nitrogens with one attached hydrogen (secondary N) is 1. The van der Waals surface area contributed by atoms with E-state index in [4.69, 9.17) is 4.74 Å². The highest BCUT2D eigenvalue weighted by Crippen LogP contribution is 2.00. The lowest BCUT2D eigenvalue weighted by atomic mass is 10.2. The molecule has 0 spiro atoms. The van der Waals surface area contributed by atoms with Crippen molar-refractivity contribution in [3.63, 3.8) is 0 Å². The Bertz CT molecular complexity index is 288. The maximum atomic E-state index is 11.1. The van der Waals surface area contributed by atoms with E-state index in [0.29, 0.717) is 13.2 Å². The average molecular weight is 209 g/mol. The van der Waals surface area contributed by atoms with Crippen LogP contribution in [0.3, 0.4) is 0 Å². The van der Waals surface area contributed by atoms with E-state index < -0.39 is 0 Å². The Morgan fingerprint density at radius 1 is 1.33 bits per heavy atom. The zero-order chi connectivity index (χ0) is 10.9. The van der Waals surface area contributed by atoms with E-state index in [1.807, 2.05) is 30.3 Å². The molecular weight excluding hydrogens is 192 g/mol. The third kappa shape index (κ3) is 5.02. The van der Waals surface area contributed by atoms with Crippen molar-refractivity contribution in [2.45, 2.75) is 13.0 Å². The summed E-state index contributed by atoms with van der Waals surface area (Å²) in [5.41, 5.74) is 4.67. The smallest absolute Gasteiger partial charge is 0.407 e. The Morgan fingerprint density at radius 2 is 2.07 bits per heavy atom. The summed E-state index contributed by atoms with van der Waals surface area (Å²) in [6.45, 7) is 1.76. The van der Waals surface area contributed by atoms with Gasteiger partial charge in [0.2, 0.25) is 0 Å². The molecule has 4 N–H and O–H groups in total. The van der Waals surface area contributed by atoms with E-state index in [1.54, 1.807) is 0 Å². The SMILES string of the molecule is [NH3+]CCCNC(=O)OCc1ccccc1. The Hall–Kier alpha value is -1.55. The van der Waals surface area contributed by atoms with E-state index in [0.717, 1.165) is 18.5 Å². The molecule has 0 atom stereocenters. The summed E-state index contributed by atoms with van der Waals surface area (Å²) < 4.78 is 5.00. The van der Waals surface area contributed by atoms with E-state index >= 15 is 0 Å². The van der Waals surface area contributed by atoms with E-state index in [2.05, 4.69) is 11.1 Å². The van der Waals surface area contributed by atoms with Gasteiger partial charge in [-0.3, -0.25) is 0 Å². The lowest BCUT2D eigenvalue weighted by molar-refractivity contribution is -0.367. The molecule has 0 aliphatic carbocycles. The van der Waals surface area contributed by atoms with Crippen LogP contribution in [0.1, 0.15) is 12.0 Å². The van der Waals surface area contributed by atoms with Crippen molar-refractivity contribution in [1.29, 1.82) is 0 Å². The molecule has 15 heavy (non-hydrogen) atoms. The van der Waals surface area contributed by atoms with Gasteiger partial charge in [0.15, 0.2) is 0 Å². The van der Waals surface area contributed by atoms with E-state index in [1.165, 1.54) is 0 Å². The van der Waals surface area contributed by atoms with Gasteiger partial charge in [-0.1, -0.05) is 30.3 Å². The fourth-order valence-corrected chi connectivity index (χ4v) is 1.09. The normalized spacial score (nSPS) is 9.67. The first-order chi connectivity index (χ1) is 7.33. The third-order valence-electron chi connectivity index (χ3n) is 1.91. The second kappa shape index (κ2) is 6.84. The maximum absolute atomic E-state index is 11.1. The number of ether oxygens (including phenoxy) is 1. The summed E-state index contributed by atoms with van der Waals surface area (Å²) in [4.78, 5) is 11.1. The molecule has 4 heteroatoms. The fourth-order valence-electron chi connectivity index (χ4n) is 1.09. The van der Waals surface area contributed by atoms with Gasteiger partial charge in [0.25, 0.3) is 0 Å². The quantitative estimate of drug-likeness (QED) is 0.695. The minimum atomic E-state index is -0.368. The van der Waals surface area contributed by atoms with Crippen molar-refractivity contribution in [3.8, 4) is 0 Å². The molecule has 1 rings (SSSR count). The fraction of sp³-hybridized carbons (Fsp3) is 0.364. The molecule has 0 radical (unpaired) electrons. The van der Waals surface area contributed by atoms with Crippen molar-refractivity contribution in [3.05, 3.63) is 35.9 Å². The van der Waals surface area contributed by atoms with Crippen LogP contribution in [0.25, 0.3) is 0 Å². The number of benzene rings is 1. The van der Waals surface area contributed by atoms with Crippen LogP contribution in [0.2, 0.25) is 0 Å². The molecule has 1 aromatic rings. The zero-order valence-electron chi connectivity index (χ0n) is 8.74. The average Bonchev–Trinajstić information content (AvgIpc) is 2.28. The van der Waals surface area contributed by atoms with Gasteiger partial charge in [-0.15, -0.1) is 0 Å². The third-order valence-corrected chi connectivity index (χ3v) is 1.91. The molecule has 0 heterocycles. The van der Waals surface area contributed by atoms with E-state index in [-0.39, 0.29) is 6.09 Å². The summed E-state index contributed by atoms with van der Waals surface area (Å²) in [6, 6.07) is 9.60. The van der Waals surface area contributed by atoms with Crippen LogP contribution < -0.4 is 11.1 Å². The number of rotatable bonds is 5. The molecule has 0 unspecified atom stereocenters. The Morgan fingerprint density at radius 3 is 2.73 bits per heavy atom. The van der Waals surface area contributed by atoms with E-state index in [9.17, 15) is 4.79 Å². The zero-order valence-corrected chi connectivity index (χ0v) is 8.74. The molecule has 0 aromatic heterocycles. The van der Waals surface area contributed by atoms with Gasteiger partial charge in [-0.05, 0) is 5.56 Å². The molecule has 82 valence electrons. The highest BCUT2D eigenvalue weighted by Gasteiger charge is 2.00. The molecule has 0 fully saturated rings. The lowest BCUT2D eigenvalue weighted by Gasteiger charge is -2.05. The van der Waals surface area contributed by atoms with Crippen LogP contribution in [0.15, 0.2) is 30.3 Å². The van der Waals surface area contributed by atoms with Crippen LogP contribution in [0.4, 0.5) is 4.79 Å². The van der Waals surface area contributed by atoms with Crippen LogP contribution in [0.5, 0.6) is 0 Å². The maximum Gasteiger partial charge on any atom is 0.407 e. The predicted octanol–water partition coefficient (Wildman–Crippen LogP) is 0.545. The lowest BCUT2D eigenvalue weighted by Crippen LogP contribution is -2.51. The van der Waals surface area contributed by atoms with Crippen molar-refractivity contribution in [2.75, 3.05) is 13.1 Å². The highest BCUT2D eigenvalue weighted by molar-refractivity contribution is 5.67. The van der Waals surface area contributed by atoms with Gasteiger partial charge in [-0.25, -0.2) is 4.79 Å². The molecule has 0 bridgehead atoms. The molecule has 4 nitrogen and oxygen atoms in total. The van der Waals surface area contributed by atoms with Crippen LogP contribution in [-0.2, 0) is 11.3 Å².